The first-order valence-corrected chi connectivity index (χ1v) is 6.88. The predicted octanol–water partition coefficient (Wildman–Crippen LogP) is 1.49. The fraction of sp³-hybridized carbons (Fsp3) is 1.00. The maximum absolute atomic E-state index is 5.36. The zero-order chi connectivity index (χ0) is 11.2. The summed E-state index contributed by atoms with van der Waals surface area (Å²) in [4.78, 5) is 2.61. The van der Waals surface area contributed by atoms with Crippen LogP contribution in [0.25, 0.3) is 0 Å². The van der Waals surface area contributed by atoms with E-state index in [1.165, 1.54) is 45.3 Å². The lowest BCUT2D eigenvalue weighted by Crippen LogP contribution is -2.42. The molecule has 0 saturated carbocycles. The van der Waals surface area contributed by atoms with Gasteiger partial charge < -0.3 is 15.0 Å². The lowest BCUT2D eigenvalue weighted by molar-refractivity contribution is 0.0766. The second kappa shape index (κ2) is 6.58. The van der Waals surface area contributed by atoms with Crippen molar-refractivity contribution >= 4 is 0 Å². The van der Waals surface area contributed by atoms with E-state index in [1.54, 1.807) is 0 Å². The van der Waals surface area contributed by atoms with Gasteiger partial charge >= 0.3 is 0 Å². The quantitative estimate of drug-likeness (QED) is 0.786. The highest BCUT2D eigenvalue weighted by Crippen LogP contribution is 2.14. The van der Waals surface area contributed by atoms with Crippen molar-refractivity contribution in [1.29, 1.82) is 0 Å². The van der Waals surface area contributed by atoms with Crippen molar-refractivity contribution in [3.63, 3.8) is 0 Å². The van der Waals surface area contributed by atoms with Crippen molar-refractivity contribution in [3.05, 3.63) is 0 Å². The van der Waals surface area contributed by atoms with E-state index in [4.69, 9.17) is 4.74 Å². The second-order valence-electron chi connectivity index (χ2n) is 5.39. The Labute approximate surface area is 99.5 Å². The topological polar surface area (TPSA) is 24.5 Å². The van der Waals surface area contributed by atoms with Crippen LogP contribution in [-0.4, -0.2) is 50.3 Å². The van der Waals surface area contributed by atoms with Gasteiger partial charge in [0.05, 0.1) is 0 Å². The number of piperidine rings is 1. The average molecular weight is 226 g/mol. The molecule has 2 rings (SSSR count). The third-order valence-electron chi connectivity index (χ3n) is 3.82. The first-order valence-electron chi connectivity index (χ1n) is 6.88. The van der Waals surface area contributed by atoms with Gasteiger partial charge in [0, 0.05) is 38.9 Å². The van der Waals surface area contributed by atoms with Gasteiger partial charge in [-0.3, -0.25) is 0 Å². The van der Waals surface area contributed by atoms with Crippen molar-refractivity contribution in [2.75, 3.05) is 39.4 Å². The highest BCUT2D eigenvalue weighted by atomic mass is 16.5. The summed E-state index contributed by atoms with van der Waals surface area (Å²) in [6.07, 6.45) is 5.19. The van der Waals surface area contributed by atoms with Crippen LogP contribution in [0.1, 0.15) is 32.6 Å². The molecule has 94 valence electrons. The molecular weight excluding hydrogens is 200 g/mol. The van der Waals surface area contributed by atoms with E-state index >= 15 is 0 Å². The summed E-state index contributed by atoms with van der Waals surface area (Å²) in [5, 5.41) is 3.66. The first-order chi connectivity index (χ1) is 7.84. The third kappa shape index (κ3) is 4.04. The Hall–Kier alpha value is -0.120. The Kier molecular flexibility index (Phi) is 5.07. The summed E-state index contributed by atoms with van der Waals surface area (Å²) < 4.78 is 5.36. The molecule has 1 N–H and O–H groups in total. The minimum absolute atomic E-state index is 0.705. The molecule has 0 aromatic rings. The molecule has 2 fully saturated rings. The highest BCUT2D eigenvalue weighted by molar-refractivity contribution is 4.73. The molecule has 0 amide bonds. The Morgan fingerprint density at radius 1 is 1.25 bits per heavy atom. The van der Waals surface area contributed by atoms with Crippen LogP contribution in [-0.2, 0) is 4.74 Å². The minimum Gasteiger partial charge on any atom is -0.381 e. The second-order valence-corrected chi connectivity index (χ2v) is 5.39. The molecule has 0 bridgehead atoms. The van der Waals surface area contributed by atoms with Crippen molar-refractivity contribution < 1.29 is 4.74 Å². The number of nitrogens with zero attached hydrogens (tertiary/aromatic N) is 1. The largest absolute Gasteiger partial charge is 0.381 e. The van der Waals surface area contributed by atoms with E-state index < -0.39 is 0 Å². The van der Waals surface area contributed by atoms with E-state index in [9.17, 15) is 0 Å². The SMILES string of the molecule is CC1CCCN(CCNC2CCOCC2)C1. The number of ether oxygens (including phenoxy) is 1. The smallest absolute Gasteiger partial charge is 0.0480 e. The van der Waals surface area contributed by atoms with E-state index in [-0.39, 0.29) is 0 Å². The fourth-order valence-electron chi connectivity index (χ4n) is 2.82. The molecule has 2 saturated heterocycles. The molecule has 1 unspecified atom stereocenters. The van der Waals surface area contributed by atoms with Gasteiger partial charge in [-0.25, -0.2) is 0 Å². The lowest BCUT2D eigenvalue weighted by Gasteiger charge is -2.31. The minimum atomic E-state index is 0.705. The molecule has 2 heterocycles. The third-order valence-corrected chi connectivity index (χ3v) is 3.82. The monoisotopic (exact) mass is 226 g/mol. The summed E-state index contributed by atoms with van der Waals surface area (Å²) in [7, 11) is 0. The van der Waals surface area contributed by atoms with E-state index in [2.05, 4.69) is 17.1 Å². The van der Waals surface area contributed by atoms with Crippen molar-refractivity contribution in [1.82, 2.24) is 10.2 Å². The maximum Gasteiger partial charge on any atom is 0.0480 e. The van der Waals surface area contributed by atoms with E-state index in [1.807, 2.05) is 0 Å². The van der Waals surface area contributed by atoms with E-state index in [0.717, 1.165) is 25.7 Å². The molecule has 3 nitrogen and oxygen atoms in total. The molecule has 16 heavy (non-hydrogen) atoms. The molecule has 2 aliphatic heterocycles. The summed E-state index contributed by atoms with van der Waals surface area (Å²) in [6.45, 7) is 9.24. The predicted molar refractivity (Wildman–Crippen MR) is 66.7 cm³/mol. The summed E-state index contributed by atoms with van der Waals surface area (Å²) in [5.41, 5.74) is 0. The van der Waals surface area contributed by atoms with Gasteiger partial charge in [-0.15, -0.1) is 0 Å². The number of nitrogens with one attached hydrogen (secondary N) is 1. The Bertz CT molecular complexity index is 192. The van der Waals surface area contributed by atoms with Crippen LogP contribution in [0.4, 0.5) is 0 Å². The van der Waals surface area contributed by atoms with Gasteiger partial charge in [0.15, 0.2) is 0 Å². The maximum atomic E-state index is 5.36. The van der Waals surface area contributed by atoms with Gasteiger partial charge in [-0.2, -0.15) is 0 Å². The van der Waals surface area contributed by atoms with Crippen molar-refractivity contribution in [3.8, 4) is 0 Å². The summed E-state index contributed by atoms with van der Waals surface area (Å²) >= 11 is 0. The molecule has 0 aromatic heterocycles. The molecule has 0 spiro atoms. The van der Waals surface area contributed by atoms with Gasteiger partial charge in [0.1, 0.15) is 0 Å². The lowest BCUT2D eigenvalue weighted by atomic mass is 10.0. The molecule has 0 radical (unpaired) electrons. The zero-order valence-corrected chi connectivity index (χ0v) is 10.6. The summed E-state index contributed by atoms with van der Waals surface area (Å²) in [6, 6.07) is 0.705. The Balaban J connectivity index is 1.56. The molecule has 0 aromatic carbocycles. The van der Waals surface area contributed by atoms with Gasteiger partial charge in [-0.05, 0) is 38.1 Å². The van der Waals surface area contributed by atoms with Crippen LogP contribution in [0.5, 0.6) is 0 Å². The zero-order valence-electron chi connectivity index (χ0n) is 10.6. The number of hydrogen-bond donors (Lipinski definition) is 1. The van der Waals surface area contributed by atoms with Crippen LogP contribution >= 0.6 is 0 Å². The average Bonchev–Trinajstić information content (AvgIpc) is 2.30. The first kappa shape index (κ1) is 12.3. The van der Waals surface area contributed by atoms with Crippen LogP contribution < -0.4 is 5.32 Å². The van der Waals surface area contributed by atoms with Crippen molar-refractivity contribution in [2.45, 2.75) is 38.6 Å². The van der Waals surface area contributed by atoms with Crippen LogP contribution in [0.15, 0.2) is 0 Å². The highest BCUT2D eigenvalue weighted by Gasteiger charge is 2.17. The van der Waals surface area contributed by atoms with Crippen LogP contribution in [0.3, 0.4) is 0 Å². The Morgan fingerprint density at radius 3 is 2.81 bits per heavy atom. The Morgan fingerprint density at radius 2 is 2.06 bits per heavy atom. The number of rotatable bonds is 4. The molecule has 3 heteroatoms. The number of likely N-dealkylation sites (tertiary alicyclic amines) is 1. The standard InChI is InChI=1S/C13H26N2O/c1-12-3-2-7-15(11-12)8-6-14-13-4-9-16-10-5-13/h12-14H,2-11H2,1H3. The molecule has 0 aliphatic carbocycles. The van der Waals surface area contributed by atoms with Gasteiger partial charge in [0.2, 0.25) is 0 Å². The van der Waals surface area contributed by atoms with Gasteiger partial charge in [0.25, 0.3) is 0 Å². The fourth-order valence-corrected chi connectivity index (χ4v) is 2.82. The van der Waals surface area contributed by atoms with Gasteiger partial charge in [-0.1, -0.05) is 6.92 Å². The summed E-state index contributed by atoms with van der Waals surface area (Å²) in [5.74, 6) is 0.900. The van der Waals surface area contributed by atoms with E-state index in [0.29, 0.717) is 6.04 Å². The van der Waals surface area contributed by atoms with Crippen LogP contribution in [0.2, 0.25) is 0 Å². The molecule has 2 aliphatic rings. The number of hydrogen-bond acceptors (Lipinski definition) is 3. The van der Waals surface area contributed by atoms with Crippen molar-refractivity contribution in [2.24, 2.45) is 5.92 Å². The molecule has 1 atom stereocenters. The molecular formula is C13H26N2O. The van der Waals surface area contributed by atoms with Crippen LogP contribution in [0, 0.1) is 5.92 Å². The normalized spacial score (nSPS) is 29.4.